The number of rotatable bonds is 5. The Hall–Kier alpha value is -2.61. The molecule has 0 saturated carbocycles. The van der Waals surface area contributed by atoms with E-state index in [0.717, 1.165) is 43.1 Å². The van der Waals surface area contributed by atoms with Crippen molar-refractivity contribution in [1.82, 2.24) is 4.90 Å². The Labute approximate surface area is 153 Å². The van der Waals surface area contributed by atoms with Crippen molar-refractivity contribution in [3.63, 3.8) is 0 Å². The third kappa shape index (κ3) is 5.19. The first-order valence-corrected chi connectivity index (χ1v) is 8.57. The zero-order chi connectivity index (χ0) is 18.9. The number of oxime groups is 1. The predicted octanol–water partition coefficient (Wildman–Crippen LogP) is 1.60. The molecule has 2 aliphatic rings. The van der Waals surface area contributed by atoms with Crippen LogP contribution >= 0.6 is 0 Å². The van der Waals surface area contributed by atoms with Crippen molar-refractivity contribution in [2.24, 2.45) is 5.16 Å². The van der Waals surface area contributed by atoms with E-state index in [4.69, 9.17) is 19.5 Å². The summed E-state index contributed by atoms with van der Waals surface area (Å²) < 4.78 is 5.23. The molecule has 1 unspecified atom stereocenters. The minimum Gasteiger partial charge on any atom is -0.497 e. The summed E-state index contributed by atoms with van der Waals surface area (Å²) in [6, 6.07) is 7.63. The topological polar surface area (TPSA) is 91.7 Å². The van der Waals surface area contributed by atoms with E-state index < -0.39 is 0 Å². The quantitative estimate of drug-likeness (QED) is 0.799. The van der Waals surface area contributed by atoms with Crippen LogP contribution in [0.1, 0.15) is 19.8 Å². The summed E-state index contributed by atoms with van der Waals surface area (Å²) in [5, 5.41) is 11.0. The van der Waals surface area contributed by atoms with Crippen LogP contribution in [0.2, 0.25) is 0 Å². The van der Waals surface area contributed by atoms with Crippen LogP contribution in [-0.2, 0) is 14.4 Å². The maximum absolute atomic E-state index is 12.5. The highest BCUT2D eigenvalue weighted by atomic mass is 16.6. The first-order chi connectivity index (χ1) is 12.6. The van der Waals surface area contributed by atoms with E-state index in [1.165, 1.54) is 0 Å². The van der Waals surface area contributed by atoms with Crippen LogP contribution in [0.5, 0.6) is 5.75 Å². The number of methoxy groups -OCH3 is 1. The molecule has 142 valence electrons. The fourth-order valence-electron chi connectivity index (χ4n) is 3.01. The molecule has 8 nitrogen and oxygen atoms in total. The molecule has 2 aliphatic heterocycles. The van der Waals surface area contributed by atoms with E-state index in [2.05, 4.69) is 17.0 Å². The highest BCUT2D eigenvalue weighted by Gasteiger charge is 2.29. The van der Waals surface area contributed by atoms with Gasteiger partial charge in [0.05, 0.1) is 19.4 Å². The molecule has 1 N–H and O–H groups in total. The average Bonchev–Trinajstić information content (AvgIpc) is 3.10. The Kier molecular flexibility index (Phi) is 7.40. The largest absolute Gasteiger partial charge is 0.497 e. The van der Waals surface area contributed by atoms with Gasteiger partial charge in [-0.3, -0.25) is 14.5 Å². The van der Waals surface area contributed by atoms with E-state index in [0.29, 0.717) is 13.1 Å². The van der Waals surface area contributed by atoms with Crippen LogP contribution in [-0.4, -0.2) is 67.5 Å². The predicted molar refractivity (Wildman–Crippen MR) is 97.7 cm³/mol. The third-order valence-corrected chi connectivity index (χ3v) is 4.33. The molecule has 3 rings (SSSR count). The fourth-order valence-corrected chi connectivity index (χ4v) is 3.01. The summed E-state index contributed by atoms with van der Waals surface area (Å²) >= 11 is 0. The summed E-state index contributed by atoms with van der Waals surface area (Å²) in [4.78, 5) is 30.2. The van der Waals surface area contributed by atoms with Crippen LogP contribution in [0.25, 0.3) is 0 Å². The number of anilines is 1. The average molecular weight is 363 g/mol. The normalized spacial score (nSPS) is 19.9. The number of hydrogen-bond donors (Lipinski definition) is 1. The zero-order valence-corrected chi connectivity index (χ0v) is 15.1. The van der Waals surface area contributed by atoms with Crippen molar-refractivity contribution in [3.8, 4) is 5.75 Å². The number of carbonyl (C=O) groups is 2. The van der Waals surface area contributed by atoms with Gasteiger partial charge in [-0.25, -0.2) is 0 Å². The number of carbonyl (C=O) groups excluding carboxylic acids is 1. The van der Waals surface area contributed by atoms with Crippen LogP contribution in [0, 0.1) is 0 Å². The number of carboxylic acid groups (broad SMARTS) is 1. The first kappa shape index (κ1) is 19.7. The van der Waals surface area contributed by atoms with Gasteiger partial charge in [-0.1, -0.05) is 18.1 Å². The lowest BCUT2D eigenvalue weighted by Crippen LogP contribution is -2.52. The number of nitrogens with zero attached hydrogens (tertiary/aromatic N) is 3. The van der Waals surface area contributed by atoms with Gasteiger partial charge in [-0.05, 0) is 18.6 Å². The van der Waals surface area contributed by atoms with Gasteiger partial charge in [0.15, 0.2) is 0 Å². The molecule has 1 amide bonds. The number of hydrogen-bond acceptors (Lipinski definition) is 6. The molecule has 1 aromatic rings. The van der Waals surface area contributed by atoms with Crippen molar-refractivity contribution in [2.75, 3.05) is 38.2 Å². The molecular weight excluding hydrogens is 338 g/mol. The van der Waals surface area contributed by atoms with Gasteiger partial charge in [0.2, 0.25) is 5.91 Å². The van der Waals surface area contributed by atoms with Crippen molar-refractivity contribution < 1.29 is 24.3 Å². The highest BCUT2D eigenvalue weighted by molar-refractivity contribution is 5.95. The van der Waals surface area contributed by atoms with E-state index in [9.17, 15) is 4.79 Å². The Morgan fingerprint density at radius 1 is 1.42 bits per heavy atom. The van der Waals surface area contributed by atoms with Crippen molar-refractivity contribution in [2.45, 2.75) is 25.9 Å². The molecular formula is C18H25N3O5. The number of amides is 1. The first-order valence-electron chi connectivity index (χ1n) is 8.57. The standard InChI is InChI=1S/C17H23N3O3.CH2O2/c1-3-13-9-16(23-18-13)11-19-7-8-20(17(21)12-19)14-5-4-6-15(10-14)22-2;2-1-3/h4-6,10,16H,3,7-9,11-12H2,1-2H3;1H,(H,2,3). The second-order valence-electron chi connectivity index (χ2n) is 6.03. The lowest BCUT2D eigenvalue weighted by molar-refractivity contribution is -0.123. The van der Waals surface area contributed by atoms with Crippen molar-refractivity contribution >= 4 is 23.8 Å². The van der Waals surface area contributed by atoms with Crippen LogP contribution in [0.4, 0.5) is 5.69 Å². The highest BCUT2D eigenvalue weighted by Crippen LogP contribution is 2.23. The molecule has 8 heteroatoms. The minimum atomic E-state index is -0.250. The molecule has 0 aliphatic carbocycles. The molecule has 0 bridgehead atoms. The molecule has 0 radical (unpaired) electrons. The lowest BCUT2D eigenvalue weighted by Gasteiger charge is -2.35. The molecule has 1 fully saturated rings. The van der Waals surface area contributed by atoms with Gasteiger partial charge in [-0.15, -0.1) is 0 Å². The second-order valence-corrected chi connectivity index (χ2v) is 6.03. The second kappa shape index (κ2) is 9.76. The summed E-state index contributed by atoms with van der Waals surface area (Å²) in [6.45, 7) is 4.52. The van der Waals surface area contributed by atoms with Gasteiger partial charge < -0.3 is 19.6 Å². The molecule has 1 saturated heterocycles. The Bertz CT molecular complexity index is 649. The molecule has 1 atom stereocenters. The van der Waals surface area contributed by atoms with Gasteiger partial charge >= 0.3 is 0 Å². The van der Waals surface area contributed by atoms with Crippen LogP contribution in [0.15, 0.2) is 29.4 Å². The van der Waals surface area contributed by atoms with Gasteiger partial charge in [-0.2, -0.15) is 0 Å². The summed E-state index contributed by atoms with van der Waals surface area (Å²) in [5.41, 5.74) is 2.00. The fraction of sp³-hybridized carbons (Fsp3) is 0.500. The Morgan fingerprint density at radius 3 is 2.81 bits per heavy atom. The molecule has 2 heterocycles. The van der Waals surface area contributed by atoms with E-state index in [1.54, 1.807) is 7.11 Å². The SMILES string of the molecule is CCC1=NOC(CN2CCN(c3cccc(OC)c3)C(=O)C2)C1.O=CO. The smallest absolute Gasteiger partial charge is 0.290 e. The van der Waals surface area contributed by atoms with E-state index in [1.807, 2.05) is 29.2 Å². The Morgan fingerprint density at radius 2 is 2.19 bits per heavy atom. The van der Waals surface area contributed by atoms with E-state index >= 15 is 0 Å². The Balaban J connectivity index is 0.000000758. The maximum Gasteiger partial charge on any atom is 0.290 e. The number of ether oxygens (including phenoxy) is 1. The molecule has 0 spiro atoms. The molecule has 0 aromatic heterocycles. The zero-order valence-electron chi connectivity index (χ0n) is 15.1. The van der Waals surface area contributed by atoms with E-state index in [-0.39, 0.29) is 18.5 Å². The third-order valence-electron chi connectivity index (χ3n) is 4.33. The van der Waals surface area contributed by atoms with Crippen LogP contribution in [0.3, 0.4) is 0 Å². The molecule has 26 heavy (non-hydrogen) atoms. The van der Waals surface area contributed by atoms with Gasteiger partial charge in [0, 0.05) is 37.8 Å². The molecule has 1 aromatic carbocycles. The summed E-state index contributed by atoms with van der Waals surface area (Å²) in [7, 11) is 1.63. The maximum atomic E-state index is 12.5. The summed E-state index contributed by atoms with van der Waals surface area (Å²) in [6.07, 6.45) is 1.89. The summed E-state index contributed by atoms with van der Waals surface area (Å²) in [5.74, 6) is 0.875. The van der Waals surface area contributed by atoms with Crippen LogP contribution < -0.4 is 9.64 Å². The number of piperazine rings is 1. The van der Waals surface area contributed by atoms with Crippen molar-refractivity contribution in [3.05, 3.63) is 24.3 Å². The minimum absolute atomic E-state index is 0.0844. The van der Waals surface area contributed by atoms with Gasteiger partial charge in [0.1, 0.15) is 11.9 Å². The monoisotopic (exact) mass is 363 g/mol. The van der Waals surface area contributed by atoms with Gasteiger partial charge in [0.25, 0.3) is 6.47 Å². The lowest BCUT2D eigenvalue weighted by atomic mass is 10.1. The van der Waals surface area contributed by atoms with Crippen molar-refractivity contribution in [1.29, 1.82) is 0 Å². The number of benzene rings is 1.